The first-order valence-corrected chi connectivity index (χ1v) is 5.69. The molecular formula is C11H24N2O. The van der Waals surface area contributed by atoms with E-state index in [2.05, 4.69) is 31.1 Å². The molecule has 1 heterocycles. The largest absolute Gasteiger partial charge is 0.381 e. The SMILES string of the molecule is CCNCC1(CN(C)CC)CCOC1. The topological polar surface area (TPSA) is 24.5 Å². The highest BCUT2D eigenvalue weighted by atomic mass is 16.5. The van der Waals surface area contributed by atoms with Gasteiger partial charge in [0.2, 0.25) is 0 Å². The molecule has 1 fully saturated rings. The van der Waals surface area contributed by atoms with Crippen molar-refractivity contribution in [3.05, 3.63) is 0 Å². The van der Waals surface area contributed by atoms with E-state index < -0.39 is 0 Å². The van der Waals surface area contributed by atoms with E-state index in [1.165, 1.54) is 6.42 Å². The van der Waals surface area contributed by atoms with Gasteiger partial charge in [0.05, 0.1) is 6.61 Å². The molecule has 0 radical (unpaired) electrons. The molecular weight excluding hydrogens is 176 g/mol. The van der Waals surface area contributed by atoms with Gasteiger partial charge in [-0.25, -0.2) is 0 Å². The van der Waals surface area contributed by atoms with Crippen LogP contribution in [0.3, 0.4) is 0 Å². The van der Waals surface area contributed by atoms with E-state index in [1.807, 2.05) is 0 Å². The van der Waals surface area contributed by atoms with Crippen LogP contribution in [-0.2, 0) is 4.74 Å². The summed E-state index contributed by atoms with van der Waals surface area (Å²) in [7, 11) is 2.19. The molecule has 0 aliphatic carbocycles. The van der Waals surface area contributed by atoms with E-state index in [1.54, 1.807) is 0 Å². The number of nitrogens with zero attached hydrogens (tertiary/aromatic N) is 1. The second kappa shape index (κ2) is 5.69. The molecule has 1 aliphatic heterocycles. The van der Waals surface area contributed by atoms with Gasteiger partial charge in [-0.3, -0.25) is 0 Å². The van der Waals surface area contributed by atoms with Crippen LogP contribution < -0.4 is 5.32 Å². The number of ether oxygens (including phenoxy) is 1. The predicted octanol–water partition coefficient (Wildman–Crippen LogP) is 0.954. The molecule has 0 aromatic rings. The lowest BCUT2D eigenvalue weighted by molar-refractivity contribution is 0.121. The zero-order chi connectivity index (χ0) is 10.4. The molecule has 1 saturated heterocycles. The van der Waals surface area contributed by atoms with Gasteiger partial charge in [0.1, 0.15) is 0 Å². The second-order valence-corrected chi connectivity index (χ2v) is 4.41. The maximum atomic E-state index is 5.54. The molecule has 1 rings (SSSR count). The van der Waals surface area contributed by atoms with Crippen LogP contribution in [-0.4, -0.2) is 51.3 Å². The summed E-state index contributed by atoms with van der Waals surface area (Å²) in [5.41, 5.74) is 0.362. The van der Waals surface area contributed by atoms with Crippen molar-refractivity contribution < 1.29 is 4.74 Å². The maximum absolute atomic E-state index is 5.54. The molecule has 0 amide bonds. The van der Waals surface area contributed by atoms with Crippen LogP contribution in [0.4, 0.5) is 0 Å². The third-order valence-electron chi connectivity index (χ3n) is 3.08. The quantitative estimate of drug-likeness (QED) is 0.691. The minimum absolute atomic E-state index is 0.362. The third kappa shape index (κ3) is 3.23. The van der Waals surface area contributed by atoms with Crippen LogP contribution >= 0.6 is 0 Å². The van der Waals surface area contributed by atoms with Crippen LogP contribution in [0.2, 0.25) is 0 Å². The molecule has 0 aromatic heterocycles. The molecule has 84 valence electrons. The van der Waals surface area contributed by atoms with Crippen LogP contribution in [0.1, 0.15) is 20.3 Å². The van der Waals surface area contributed by atoms with Crippen LogP contribution in [0.5, 0.6) is 0 Å². The van der Waals surface area contributed by atoms with Crippen LogP contribution in [0.25, 0.3) is 0 Å². The number of hydrogen-bond donors (Lipinski definition) is 1. The predicted molar refractivity (Wildman–Crippen MR) is 59.6 cm³/mol. The lowest BCUT2D eigenvalue weighted by Crippen LogP contribution is -2.43. The smallest absolute Gasteiger partial charge is 0.0547 e. The third-order valence-corrected chi connectivity index (χ3v) is 3.08. The van der Waals surface area contributed by atoms with Crippen molar-refractivity contribution in [1.82, 2.24) is 10.2 Å². The average molecular weight is 200 g/mol. The number of nitrogens with one attached hydrogen (secondary N) is 1. The van der Waals surface area contributed by atoms with Crippen molar-refractivity contribution in [2.45, 2.75) is 20.3 Å². The summed E-state index contributed by atoms with van der Waals surface area (Å²) in [6, 6.07) is 0. The van der Waals surface area contributed by atoms with E-state index in [4.69, 9.17) is 4.74 Å². The van der Waals surface area contributed by atoms with Gasteiger partial charge in [-0.05, 0) is 26.6 Å². The monoisotopic (exact) mass is 200 g/mol. The second-order valence-electron chi connectivity index (χ2n) is 4.41. The lowest BCUT2D eigenvalue weighted by atomic mass is 9.86. The highest BCUT2D eigenvalue weighted by Gasteiger charge is 2.35. The van der Waals surface area contributed by atoms with E-state index in [-0.39, 0.29) is 0 Å². The zero-order valence-electron chi connectivity index (χ0n) is 9.81. The van der Waals surface area contributed by atoms with E-state index in [0.29, 0.717) is 5.41 Å². The van der Waals surface area contributed by atoms with Crippen molar-refractivity contribution in [2.24, 2.45) is 5.41 Å². The highest BCUT2D eigenvalue weighted by molar-refractivity contribution is 4.87. The van der Waals surface area contributed by atoms with E-state index in [9.17, 15) is 0 Å². The minimum Gasteiger partial charge on any atom is -0.381 e. The molecule has 0 bridgehead atoms. The number of rotatable bonds is 6. The molecule has 1 atom stereocenters. The molecule has 3 heteroatoms. The Morgan fingerprint density at radius 1 is 1.43 bits per heavy atom. The summed E-state index contributed by atoms with van der Waals surface area (Å²) in [6.07, 6.45) is 1.20. The first-order valence-electron chi connectivity index (χ1n) is 5.69. The fourth-order valence-electron chi connectivity index (χ4n) is 2.04. The Hall–Kier alpha value is -0.120. The molecule has 0 aromatic carbocycles. The van der Waals surface area contributed by atoms with Gasteiger partial charge in [-0.1, -0.05) is 13.8 Å². The van der Waals surface area contributed by atoms with Gasteiger partial charge < -0.3 is 15.0 Å². The molecule has 3 nitrogen and oxygen atoms in total. The molecule has 1 aliphatic rings. The van der Waals surface area contributed by atoms with Gasteiger partial charge in [-0.2, -0.15) is 0 Å². The molecule has 1 unspecified atom stereocenters. The van der Waals surface area contributed by atoms with Crippen molar-refractivity contribution >= 4 is 0 Å². The Kier molecular flexibility index (Phi) is 4.85. The minimum atomic E-state index is 0.362. The molecule has 1 N–H and O–H groups in total. The summed E-state index contributed by atoms with van der Waals surface area (Å²) >= 11 is 0. The summed E-state index contributed by atoms with van der Waals surface area (Å²) in [4.78, 5) is 2.38. The first-order chi connectivity index (χ1) is 6.72. The Balaban J connectivity index is 2.43. The number of hydrogen-bond acceptors (Lipinski definition) is 3. The Morgan fingerprint density at radius 3 is 2.71 bits per heavy atom. The maximum Gasteiger partial charge on any atom is 0.0547 e. The Morgan fingerprint density at radius 2 is 2.21 bits per heavy atom. The van der Waals surface area contributed by atoms with Gasteiger partial charge in [0.15, 0.2) is 0 Å². The summed E-state index contributed by atoms with van der Waals surface area (Å²) in [5, 5.41) is 3.45. The van der Waals surface area contributed by atoms with E-state index in [0.717, 1.165) is 39.4 Å². The van der Waals surface area contributed by atoms with Crippen molar-refractivity contribution in [3.8, 4) is 0 Å². The molecule has 0 saturated carbocycles. The standard InChI is InChI=1S/C11H24N2O/c1-4-12-8-11(6-7-14-10-11)9-13(3)5-2/h12H,4-10H2,1-3H3. The summed E-state index contributed by atoms with van der Waals surface area (Å²) in [5.74, 6) is 0. The Labute approximate surface area is 87.8 Å². The molecule has 14 heavy (non-hydrogen) atoms. The Bertz CT molecular complexity index is 155. The van der Waals surface area contributed by atoms with Gasteiger partial charge >= 0.3 is 0 Å². The highest BCUT2D eigenvalue weighted by Crippen LogP contribution is 2.28. The lowest BCUT2D eigenvalue weighted by Gasteiger charge is -2.32. The van der Waals surface area contributed by atoms with Gasteiger partial charge in [0, 0.05) is 25.1 Å². The van der Waals surface area contributed by atoms with Crippen LogP contribution in [0.15, 0.2) is 0 Å². The van der Waals surface area contributed by atoms with Gasteiger partial charge in [0.25, 0.3) is 0 Å². The van der Waals surface area contributed by atoms with Crippen molar-refractivity contribution in [2.75, 3.05) is 46.4 Å². The first kappa shape index (κ1) is 12.0. The molecule has 0 spiro atoms. The fraction of sp³-hybridized carbons (Fsp3) is 1.00. The van der Waals surface area contributed by atoms with Crippen molar-refractivity contribution in [3.63, 3.8) is 0 Å². The zero-order valence-corrected chi connectivity index (χ0v) is 9.81. The normalized spacial score (nSPS) is 27.4. The summed E-state index contributed by atoms with van der Waals surface area (Å²) in [6.45, 7) is 10.6. The van der Waals surface area contributed by atoms with E-state index >= 15 is 0 Å². The fourth-order valence-corrected chi connectivity index (χ4v) is 2.04. The van der Waals surface area contributed by atoms with Crippen molar-refractivity contribution in [1.29, 1.82) is 0 Å². The summed E-state index contributed by atoms with van der Waals surface area (Å²) < 4.78 is 5.54. The van der Waals surface area contributed by atoms with Crippen LogP contribution in [0, 0.1) is 5.41 Å². The van der Waals surface area contributed by atoms with Gasteiger partial charge in [-0.15, -0.1) is 0 Å². The average Bonchev–Trinajstić information content (AvgIpc) is 2.64.